The minimum atomic E-state index is -1.29. The summed E-state index contributed by atoms with van der Waals surface area (Å²) in [5.41, 5.74) is 5.06. The molecular formula is C13H15Cl3N4O4. The molecule has 0 spiro atoms. The second kappa shape index (κ2) is 8.36. The Kier molecular flexibility index (Phi) is 7.07. The summed E-state index contributed by atoms with van der Waals surface area (Å²) >= 11 is 17.4. The van der Waals surface area contributed by atoms with Crippen LogP contribution in [0.3, 0.4) is 0 Å². The number of nitrogens with zero attached hydrogens (tertiary/aromatic N) is 1. The lowest BCUT2D eigenvalue weighted by Gasteiger charge is -2.15. The van der Waals surface area contributed by atoms with Crippen LogP contribution in [0.4, 0.5) is 10.5 Å². The van der Waals surface area contributed by atoms with Crippen LogP contribution in [-0.2, 0) is 9.53 Å². The highest BCUT2D eigenvalue weighted by molar-refractivity contribution is 6.46. The standard InChI is InChI=1S/C13H15Cl3N4O4/c1-4(2)18-13(23)20-11(21)5(3)24-12(22)9-6(14)8(17)7(15)10(16)19-9/h4-5H,1-3H3,(H2,17,19)(H2,18,20,21,23)/t5-/m1/s1. The van der Waals surface area contributed by atoms with Crippen LogP contribution in [0.2, 0.25) is 15.2 Å². The summed E-state index contributed by atoms with van der Waals surface area (Å²) in [7, 11) is 0. The molecule has 0 radical (unpaired) electrons. The number of anilines is 1. The van der Waals surface area contributed by atoms with Crippen LogP contribution in [-0.4, -0.2) is 35.0 Å². The molecule has 0 aromatic carbocycles. The van der Waals surface area contributed by atoms with E-state index in [1.165, 1.54) is 6.92 Å². The van der Waals surface area contributed by atoms with Crippen LogP contribution in [0.1, 0.15) is 31.3 Å². The molecule has 0 saturated heterocycles. The molecule has 4 N–H and O–H groups in total. The number of pyridine rings is 1. The molecule has 0 aliphatic rings. The van der Waals surface area contributed by atoms with Crippen molar-refractivity contribution in [2.24, 2.45) is 0 Å². The van der Waals surface area contributed by atoms with Gasteiger partial charge in [0.15, 0.2) is 17.0 Å². The maximum Gasteiger partial charge on any atom is 0.359 e. The molecule has 8 nitrogen and oxygen atoms in total. The van der Waals surface area contributed by atoms with Crippen LogP contribution in [0, 0.1) is 0 Å². The molecule has 0 fully saturated rings. The topological polar surface area (TPSA) is 123 Å². The molecule has 3 amide bonds. The van der Waals surface area contributed by atoms with Gasteiger partial charge in [-0.15, -0.1) is 0 Å². The number of hydrogen-bond acceptors (Lipinski definition) is 6. The van der Waals surface area contributed by atoms with Crippen molar-refractivity contribution in [2.45, 2.75) is 32.9 Å². The van der Waals surface area contributed by atoms with Crippen molar-refractivity contribution in [3.8, 4) is 0 Å². The van der Waals surface area contributed by atoms with E-state index in [-0.39, 0.29) is 26.9 Å². The normalized spacial score (nSPS) is 11.8. The van der Waals surface area contributed by atoms with Gasteiger partial charge in [-0.05, 0) is 20.8 Å². The van der Waals surface area contributed by atoms with Crippen LogP contribution in [0.25, 0.3) is 0 Å². The van der Waals surface area contributed by atoms with Crippen LogP contribution >= 0.6 is 34.8 Å². The second-order valence-corrected chi connectivity index (χ2v) is 6.07. The Bertz CT molecular complexity index is 682. The zero-order valence-electron chi connectivity index (χ0n) is 12.9. The van der Waals surface area contributed by atoms with E-state index in [1.54, 1.807) is 13.8 Å². The van der Waals surface area contributed by atoms with Gasteiger partial charge in [-0.3, -0.25) is 10.1 Å². The van der Waals surface area contributed by atoms with Gasteiger partial charge in [0.2, 0.25) is 0 Å². The highest BCUT2D eigenvalue weighted by Gasteiger charge is 2.25. The lowest BCUT2D eigenvalue weighted by Crippen LogP contribution is -2.46. The molecule has 0 bridgehead atoms. The number of urea groups is 1. The summed E-state index contributed by atoms with van der Waals surface area (Å²) in [6.07, 6.45) is -1.29. The largest absolute Gasteiger partial charge is 0.448 e. The first-order chi connectivity index (χ1) is 11.0. The van der Waals surface area contributed by atoms with Crippen molar-refractivity contribution in [3.05, 3.63) is 20.9 Å². The van der Waals surface area contributed by atoms with Gasteiger partial charge >= 0.3 is 12.0 Å². The maximum atomic E-state index is 12.1. The number of aromatic nitrogens is 1. The summed E-state index contributed by atoms with van der Waals surface area (Å²) < 4.78 is 4.90. The number of rotatable bonds is 4. The third-order valence-corrected chi connectivity index (χ3v) is 3.71. The van der Waals surface area contributed by atoms with Crippen LogP contribution < -0.4 is 16.4 Å². The van der Waals surface area contributed by atoms with E-state index >= 15 is 0 Å². The first-order valence-corrected chi connectivity index (χ1v) is 7.80. The van der Waals surface area contributed by atoms with Crippen molar-refractivity contribution in [3.63, 3.8) is 0 Å². The smallest absolute Gasteiger partial charge is 0.359 e. The second-order valence-electron chi connectivity index (χ2n) is 4.96. The number of hydrogen-bond donors (Lipinski definition) is 3. The van der Waals surface area contributed by atoms with E-state index in [4.69, 9.17) is 45.3 Å². The highest BCUT2D eigenvalue weighted by atomic mass is 35.5. The number of nitrogen functional groups attached to an aromatic ring is 1. The number of halogens is 3. The Hall–Kier alpha value is -1.77. The van der Waals surface area contributed by atoms with Crippen molar-refractivity contribution in [1.82, 2.24) is 15.6 Å². The van der Waals surface area contributed by atoms with Crippen LogP contribution in [0.15, 0.2) is 0 Å². The first-order valence-electron chi connectivity index (χ1n) is 6.66. The Morgan fingerprint density at radius 1 is 1.12 bits per heavy atom. The van der Waals surface area contributed by atoms with Gasteiger partial charge in [0, 0.05) is 6.04 Å². The highest BCUT2D eigenvalue weighted by Crippen LogP contribution is 2.34. The third-order valence-electron chi connectivity index (χ3n) is 2.57. The SMILES string of the molecule is CC(C)NC(=O)NC(=O)[C@@H](C)OC(=O)c1nc(Cl)c(Cl)c(N)c1Cl. The average molecular weight is 398 g/mol. The molecule has 1 rings (SSSR count). The number of nitrogens with one attached hydrogen (secondary N) is 2. The Morgan fingerprint density at radius 3 is 2.25 bits per heavy atom. The number of amides is 3. The van der Waals surface area contributed by atoms with E-state index in [1.807, 2.05) is 5.32 Å². The Balaban J connectivity index is 2.81. The molecule has 0 saturated carbocycles. The molecule has 1 heterocycles. The molecule has 1 atom stereocenters. The van der Waals surface area contributed by atoms with E-state index in [2.05, 4.69) is 10.3 Å². The number of esters is 1. The molecular weight excluding hydrogens is 383 g/mol. The number of carbonyl (C=O) groups is 3. The Morgan fingerprint density at radius 2 is 1.71 bits per heavy atom. The first kappa shape index (κ1) is 20.3. The molecule has 11 heteroatoms. The van der Waals surface area contributed by atoms with Crippen molar-refractivity contribution in [1.29, 1.82) is 0 Å². The van der Waals surface area contributed by atoms with E-state index in [0.717, 1.165) is 0 Å². The lowest BCUT2D eigenvalue weighted by atomic mass is 10.3. The van der Waals surface area contributed by atoms with Crippen molar-refractivity contribution in [2.75, 3.05) is 5.73 Å². The van der Waals surface area contributed by atoms with Crippen molar-refractivity contribution >= 4 is 58.4 Å². The quantitative estimate of drug-likeness (QED) is 0.529. The zero-order valence-corrected chi connectivity index (χ0v) is 15.2. The molecule has 24 heavy (non-hydrogen) atoms. The van der Waals surface area contributed by atoms with Gasteiger partial charge in [0.05, 0.1) is 10.7 Å². The molecule has 0 aliphatic heterocycles. The van der Waals surface area contributed by atoms with E-state index in [0.29, 0.717) is 0 Å². The van der Waals surface area contributed by atoms with Gasteiger partial charge in [-0.25, -0.2) is 14.6 Å². The van der Waals surface area contributed by atoms with E-state index in [9.17, 15) is 14.4 Å². The van der Waals surface area contributed by atoms with Gasteiger partial charge in [0.1, 0.15) is 5.02 Å². The van der Waals surface area contributed by atoms with Crippen molar-refractivity contribution < 1.29 is 19.1 Å². The Labute approximate surface area is 153 Å². The number of ether oxygens (including phenoxy) is 1. The number of carbonyl (C=O) groups excluding carboxylic acids is 3. The summed E-state index contributed by atoms with van der Waals surface area (Å²) in [6, 6.07) is -0.884. The minimum absolute atomic E-state index is 0.102. The van der Waals surface area contributed by atoms with E-state index < -0.39 is 29.7 Å². The molecule has 132 valence electrons. The molecule has 1 aromatic rings. The zero-order chi connectivity index (χ0) is 18.6. The van der Waals surface area contributed by atoms with Gasteiger partial charge in [-0.1, -0.05) is 34.8 Å². The van der Waals surface area contributed by atoms with Gasteiger partial charge < -0.3 is 15.8 Å². The fraction of sp³-hybridized carbons (Fsp3) is 0.385. The number of imide groups is 1. The van der Waals surface area contributed by atoms with Crippen LogP contribution in [0.5, 0.6) is 0 Å². The summed E-state index contributed by atoms with van der Waals surface area (Å²) in [6.45, 7) is 4.70. The monoisotopic (exact) mass is 396 g/mol. The predicted molar refractivity (Wildman–Crippen MR) is 90.4 cm³/mol. The molecule has 1 aromatic heterocycles. The fourth-order valence-corrected chi connectivity index (χ4v) is 2.03. The summed E-state index contributed by atoms with van der Waals surface area (Å²) in [5, 5.41) is 3.88. The van der Waals surface area contributed by atoms with Gasteiger partial charge in [0.25, 0.3) is 5.91 Å². The van der Waals surface area contributed by atoms with Gasteiger partial charge in [-0.2, -0.15) is 0 Å². The fourth-order valence-electron chi connectivity index (χ4n) is 1.45. The lowest BCUT2D eigenvalue weighted by molar-refractivity contribution is -0.127. The average Bonchev–Trinajstić information content (AvgIpc) is 2.47. The molecule has 0 unspecified atom stereocenters. The maximum absolute atomic E-state index is 12.1. The molecule has 0 aliphatic carbocycles. The minimum Gasteiger partial charge on any atom is -0.448 e. The predicted octanol–water partition coefficient (Wildman–Crippen LogP) is 2.40. The summed E-state index contributed by atoms with van der Waals surface area (Å²) in [4.78, 5) is 39.0. The number of nitrogens with two attached hydrogens (primary N) is 1. The third kappa shape index (κ3) is 5.12. The summed E-state index contributed by atoms with van der Waals surface area (Å²) in [5.74, 6) is -1.87.